The van der Waals surface area contributed by atoms with Crippen LogP contribution in [0.3, 0.4) is 0 Å². The molecule has 1 aromatic carbocycles. The number of piperidine rings is 1. The smallest absolute Gasteiger partial charge is 0.522 e. The first-order chi connectivity index (χ1) is 13.9. The van der Waals surface area contributed by atoms with Crippen LogP contribution in [0.1, 0.15) is 28.8 Å². The van der Waals surface area contributed by atoms with Crippen molar-refractivity contribution in [2.45, 2.75) is 37.7 Å². The number of aromatic carboxylic acids is 1. The first-order valence-electron chi connectivity index (χ1n) is 10.1. The number of carbonyl (C=O) groups is 2. The number of amides is 1. The SMILES string of the molecule is NC(C(=O)N1CC(Oc2ccc3c(c2C(=O)O)OB(O)CC3)C1)C1CCNCC1. The molecule has 3 aliphatic heterocycles. The van der Waals surface area contributed by atoms with Crippen LogP contribution in [0.2, 0.25) is 6.32 Å². The molecule has 10 heteroatoms. The monoisotopic (exact) mass is 403 g/mol. The molecule has 0 spiro atoms. The second kappa shape index (κ2) is 8.21. The first kappa shape index (κ1) is 20.0. The van der Waals surface area contributed by atoms with Crippen molar-refractivity contribution in [1.82, 2.24) is 10.2 Å². The van der Waals surface area contributed by atoms with E-state index < -0.39 is 19.1 Å². The van der Waals surface area contributed by atoms with E-state index in [0.717, 1.165) is 31.5 Å². The Hall–Kier alpha value is -2.30. The number of aryl methyl sites for hydroxylation is 1. The van der Waals surface area contributed by atoms with Gasteiger partial charge in [-0.25, -0.2) is 4.79 Å². The molecule has 4 rings (SSSR count). The molecular formula is C19H26BN3O6. The number of nitrogens with zero attached hydrogens (tertiary/aromatic N) is 1. The third kappa shape index (κ3) is 4.05. The Morgan fingerprint density at radius 3 is 2.72 bits per heavy atom. The number of carboxylic acid groups (broad SMARTS) is 1. The molecule has 2 fully saturated rings. The highest BCUT2D eigenvalue weighted by molar-refractivity contribution is 6.44. The van der Waals surface area contributed by atoms with E-state index in [2.05, 4.69) is 5.32 Å². The lowest BCUT2D eigenvalue weighted by Gasteiger charge is -2.41. The molecule has 0 bridgehead atoms. The van der Waals surface area contributed by atoms with E-state index in [1.165, 1.54) is 0 Å². The van der Waals surface area contributed by atoms with Gasteiger partial charge in [0.05, 0.1) is 19.1 Å². The zero-order valence-electron chi connectivity index (χ0n) is 16.2. The Labute approximate surface area is 169 Å². The van der Waals surface area contributed by atoms with Crippen LogP contribution in [-0.2, 0) is 11.2 Å². The van der Waals surface area contributed by atoms with E-state index in [0.29, 0.717) is 25.8 Å². The fourth-order valence-corrected chi connectivity index (χ4v) is 4.20. The Morgan fingerprint density at radius 1 is 1.31 bits per heavy atom. The largest absolute Gasteiger partial charge is 0.535 e. The number of rotatable bonds is 5. The lowest BCUT2D eigenvalue weighted by Crippen LogP contribution is -2.61. The summed E-state index contributed by atoms with van der Waals surface area (Å²) in [6.07, 6.45) is 2.44. The Balaban J connectivity index is 1.39. The molecular weight excluding hydrogens is 377 g/mol. The van der Waals surface area contributed by atoms with Gasteiger partial charge < -0.3 is 35.5 Å². The number of likely N-dealkylation sites (tertiary alicyclic amines) is 1. The van der Waals surface area contributed by atoms with Crippen molar-refractivity contribution in [2.24, 2.45) is 11.7 Å². The highest BCUT2D eigenvalue weighted by Gasteiger charge is 2.38. The quantitative estimate of drug-likeness (QED) is 0.493. The maximum Gasteiger partial charge on any atom is 0.522 e. The number of ether oxygens (including phenoxy) is 1. The molecule has 1 aromatic rings. The topological polar surface area (TPSA) is 134 Å². The summed E-state index contributed by atoms with van der Waals surface area (Å²) < 4.78 is 11.2. The Bertz CT molecular complexity index is 794. The number of nitrogens with one attached hydrogen (secondary N) is 1. The van der Waals surface area contributed by atoms with Gasteiger partial charge in [-0.2, -0.15) is 0 Å². The molecule has 3 aliphatic rings. The van der Waals surface area contributed by atoms with E-state index in [4.69, 9.17) is 15.1 Å². The molecule has 1 unspecified atom stereocenters. The van der Waals surface area contributed by atoms with Gasteiger partial charge in [0, 0.05) is 0 Å². The highest BCUT2D eigenvalue weighted by Crippen LogP contribution is 2.37. The average Bonchev–Trinajstić information content (AvgIpc) is 2.69. The molecule has 5 N–H and O–H groups in total. The summed E-state index contributed by atoms with van der Waals surface area (Å²) in [5.41, 5.74) is 6.82. The first-order valence-corrected chi connectivity index (χ1v) is 10.1. The maximum absolute atomic E-state index is 12.6. The Kier molecular flexibility index (Phi) is 5.66. The molecule has 0 saturated carbocycles. The van der Waals surface area contributed by atoms with E-state index >= 15 is 0 Å². The van der Waals surface area contributed by atoms with Crippen LogP contribution in [0.15, 0.2) is 12.1 Å². The van der Waals surface area contributed by atoms with Crippen molar-refractivity contribution >= 4 is 19.0 Å². The van der Waals surface area contributed by atoms with Gasteiger partial charge in [0.2, 0.25) is 5.91 Å². The van der Waals surface area contributed by atoms with Gasteiger partial charge in [0.25, 0.3) is 0 Å². The van der Waals surface area contributed by atoms with Crippen molar-refractivity contribution in [3.8, 4) is 11.5 Å². The minimum atomic E-state index is -1.17. The van der Waals surface area contributed by atoms with Crippen molar-refractivity contribution in [2.75, 3.05) is 26.2 Å². The normalized spacial score (nSPS) is 21.0. The van der Waals surface area contributed by atoms with Gasteiger partial charge in [0.15, 0.2) is 0 Å². The van der Waals surface area contributed by atoms with Crippen LogP contribution in [0, 0.1) is 5.92 Å². The molecule has 156 valence electrons. The van der Waals surface area contributed by atoms with Gasteiger partial charge in [-0.3, -0.25) is 4.79 Å². The lowest BCUT2D eigenvalue weighted by atomic mass is 9.78. The minimum Gasteiger partial charge on any atom is -0.535 e. The summed E-state index contributed by atoms with van der Waals surface area (Å²) in [7, 11) is -1.02. The van der Waals surface area contributed by atoms with Gasteiger partial charge in [-0.1, -0.05) is 6.07 Å². The van der Waals surface area contributed by atoms with E-state index in [1.807, 2.05) is 0 Å². The van der Waals surface area contributed by atoms with Gasteiger partial charge in [-0.05, 0) is 56.2 Å². The second-order valence-corrected chi connectivity index (χ2v) is 7.94. The highest BCUT2D eigenvalue weighted by atomic mass is 16.5. The zero-order valence-corrected chi connectivity index (χ0v) is 16.2. The molecule has 0 aliphatic carbocycles. The lowest BCUT2D eigenvalue weighted by molar-refractivity contribution is -0.143. The van der Waals surface area contributed by atoms with Crippen LogP contribution < -0.4 is 20.4 Å². The van der Waals surface area contributed by atoms with Gasteiger partial charge in [0.1, 0.15) is 23.2 Å². The molecule has 0 radical (unpaired) electrons. The number of hydrogen-bond donors (Lipinski definition) is 4. The molecule has 29 heavy (non-hydrogen) atoms. The molecule has 2 saturated heterocycles. The van der Waals surface area contributed by atoms with E-state index in [-0.39, 0.29) is 35.0 Å². The number of hydrogen-bond acceptors (Lipinski definition) is 7. The van der Waals surface area contributed by atoms with Crippen LogP contribution in [-0.4, -0.2) is 72.4 Å². The zero-order chi connectivity index (χ0) is 20.5. The summed E-state index contributed by atoms with van der Waals surface area (Å²) >= 11 is 0. The van der Waals surface area contributed by atoms with Crippen LogP contribution in [0.4, 0.5) is 0 Å². The van der Waals surface area contributed by atoms with Crippen LogP contribution in [0.25, 0.3) is 0 Å². The number of benzene rings is 1. The van der Waals surface area contributed by atoms with E-state index in [9.17, 15) is 19.7 Å². The summed E-state index contributed by atoms with van der Waals surface area (Å²) in [5.74, 6) is -0.719. The summed E-state index contributed by atoms with van der Waals surface area (Å²) in [4.78, 5) is 26.1. The fourth-order valence-electron chi connectivity index (χ4n) is 4.20. The van der Waals surface area contributed by atoms with Crippen LogP contribution >= 0.6 is 0 Å². The summed E-state index contributed by atoms with van der Waals surface area (Å²) in [6.45, 7) is 2.50. The second-order valence-electron chi connectivity index (χ2n) is 7.94. The minimum absolute atomic E-state index is 0.0768. The number of carboxylic acids is 1. The summed E-state index contributed by atoms with van der Waals surface area (Å²) in [6, 6.07) is 2.87. The van der Waals surface area contributed by atoms with Crippen molar-refractivity contribution < 1.29 is 29.1 Å². The standard InChI is InChI=1S/C19H26BN3O6/c21-16(11-4-7-22-8-5-11)18(24)23-9-13(10-23)28-14-2-1-12-3-6-20(27)29-17(12)15(14)19(25)26/h1-2,11,13,16,22,27H,3-10,21H2,(H,25,26). The van der Waals surface area contributed by atoms with Crippen molar-refractivity contribution in [3.05, 3.63) is 23.3 Å². The third-order valence-corrected chi connectivity index (χ3v) is 5.96. The van der Waals surface area contributed by atoms with Gasteiger partial charge in [-0.15, -0.1) is 0 Å². The van der Waals surface area contributed by atoms with Gasteiger partial charge >= 0.3 is 13.1 Å². The average molecular weight is 403 g/mol. The van der Waals surface area contributed by atoms with Crippen molar-refractivity contribution in [1.29, 1.82) is 0 Å². The predicted molar refractivity (Wildman–Crippen MR) is 105 cm³/mol. The molecule has 3 heterocycles. The molecule has 0 aromatic heterocycles. The number of nitrogens with two attached hydrogens (primary N) is 1. The molecule has 9 nitrogen and oxygen atoms in total. The molecule has 1 atom stereocenters. The maximum atomic E-state index is 12.6. The predicted octanol–water partition coefficient (Wildman–Crippen LogP) is -0.283. The summed E-state index contributed by atoms with van der Waals surface area (Å²) in [5, 5.41) is 22.6. The number of fused-ring (bicyclic) bond motifs is 1. The number of carbonyl (C=O) groups excluding carboxylic acids is 1. The van der Waals surface area contributed by atoms with Crippen LogP contribution in [0.5, 0.6) is 11.5 Å². The Morgan fingerprint density at radius 2 is 2.03 bits per heavy atom. The fraction of sp³-hybridized carbons (Fsp3) is 0.579. The van der Waals surface area contributed by atoms with E-state index in [1.54, 1.807) is 17.0 Å². The van der Waals surface area contributed by atoms with Crippen molar-refractivity contribution in [3.63, 3.8) is 0 Å². The molecule has 1 amide bonds. The third-order valence-electron chi connectivity index (χ3n) is 5.96.